The van der Waals surface area contributed by atoms with Crippen molar-refractivity contribution >= 4 is 42.3 Å². The summed E-state index contributed by atoms with van der Waals surface area (Å²) < 4.78 is 0. The molecule has 2 amide bonds. The van der Waals surface area contributed by atoms with E-state index in [1.807, 2.05) is 31.2 Å². The van der Waals surface area contributed by atoms with E-state index in [2.05, 4.69) is 20.9 Å². The normalized spacial score (nSPS) is 19.6. The van der Waals surface area contributed by atoms with Gasteiger partial charge in [0.25, 0.3) is 5.91 Å². The lowest BCUT2D eigenvalue weighted by Gasteiger charge is -2.24. The maximum atomic E-state index is 12.6. The van der Waals surface area contributed by atoms with Crippen LogP contribution >= 0.6 is 24.8 Å². The van der Waals surface area contributed by atoms with Crippen LogP contribution < -0.4 is 16.0 Å². The summed E-state index contributed by atoms with van der Waals surface area (Å²) >= 11 is 0. The molecule has 1 spiro atoms. The van der Waals surface area contributed by atoms with Gasteiger partial charge in [0.15, 0.2) is 0 Å². The number of carbonyl (C=O) groups is 2. The zero-order valence-electron chi connectivity index (χ0n) is 16.9. The fraction of sp³-hybridized carbons (Fsp3) is 0.409. The number of anilines is 1. The SMILES string of the molecule is CC(NC(=O)C1CC12CCNCC2)c1ccc(NC(=O)c2ccncc2)cc1.Cl.Cl. The number of hydrogen-bond acceptors (Lipinski definition) is 4. The quantitative estimate of drug-likeness (QED) is 0.647. The number of carbonyl (C=O) groups excluding carboxylic acids is 2. The third-order valence-electron chi connectivity index (χ3n) is 6.08. The van der Waals surface area contributed by atoms with Crippen LogP contribution in [0.4, 0.5) is 5.69 Å². The van der Waals surface area contributed by atoms with Gasteiger partial charge in [0.2, 0.25) is 5.91 Å². The minimum Gasteiger partial charge on any atom is -0.349 e. The average molecular weight is 451 g/mol. The molecule has 8 heteroatoms. The van der Waals surface area contributed by atoms with Gasteiger partial charge in [-0.05, 0) is 74.5 Å². The summed E-state index contributed by atoms with van der Waals surface area (Å²) in [6.07, 6.45) is 6.41. The number of amides is 2. The lowest BCUT2D eigenvalue weighted by molar-refractivity contribution is -0.123. The zero-order valence-corrected chi connectivity index (χ0v) is 18.5. The summed E-state index contributed by atoms with van der Waals surface area (Å²) in [5.41, 5.74) is 2.56. The van der Waals surface area contributed by atoms with E-state index >= 15 is 0 Å². The highest BCUT2D eigenvalue weighted by Gasteiger charge is 2.57. The smallest absolute Gasteiger partial charge is 0.255 e. The number of pyridine rings is 1. The van der Waals surface area contributed by atoms with Crippen LogP contribution in [0.5, 0.6) is 0 Å². The van der Waals surface area contributed by atoms with Gasteiger partial charge in [-0.15, -0.1) is 24.8 Å². The van der Waals surface area contributed by atoms with E-state index in [4.69, 9.17) is 0 Å². The third-order valence-corrected chi connectivity index (χ3v) is 6.08. The molecule has 1 aliphatic carbocycles. The topological polar surface area (TPSA) is 83.1 Å². The maximum Gasteiger partial charge on any atom is 0.255 e. The second kappa shape index (κ2) is 10.2. The Kier molecular flexibility index (Phi) is 8.24. The lowest BCUT2D eigenvalue weighted by Crippen LogP contribution is -2.34. The second-order valence-electron chi connectivity index (χ2n) is 7.91. The third kappa shape index (κ3) is 5.31. The molecular weight excluding hydrogens is 423 g/mol. The molecule has 4 rings (SSSR count). The van der Waals surface area contributed by atoms with Crippen LogP contribution in [0.3, 0.4) is 0 Å². The van der Waals surface area contributed by atoms with Gasteiger partial charge in [-0.1, -0.05) is 12.1 Å². The first kappa shape index (κ1) is 24.1. The van der Waals surface area contributed by atoms with Crippen LogP contribution in [-0.2, 0) is 4.79 Å². The van der Waals surface area contributed by atoms with Crippen molar-refractivity contribution in [3.63, 3.8) is 0 Å². The van der Waals surface area contributed by atoms with Crippen molar-refractivity contribution in [1.29, 1.82) is 0 Å². The molecule has 0 radical (unpaired) electrons. The van der Waals surface area contributed by atoms with Gasteiger partial charge in [0.1, 0.15) is 0 Å². The largest absolute Gasteiger partial charge is 0.349 e. The van der Waals surface area contributed by atoms with Gasteiger partial charge < -0.3 is 16.0 Å². The average Bonchev–Trinajstić information content (AvgIpc) is 3.42. The van der Waals surface area contributed by atoms with Gasteiger partial charge in [-0.2, -0.15) is 0 Å². The number of rotatable bonds is 5. The molecule has 1 aromatic heterocycles. The Morgan fingerprint density at radius 1 is 1.07 bits per heavy atom. The van der Waals surface area contributed by atoms with Crippen LogP contribution in [0.1, 0.15) is 48.1 Å². The molecule has 30 heavy (non-hydrogen) atoms. The number of piperidine rings is 1. The molecule has 1 aliphatic heterocycles. The van der Waals surface area contributed by atoms with Crippen molar-refractivity contribution in [1.82, 2.24) is 15.6 Å². The summed E-state index contributed by atoms with van der Waals surface area (Å²) in [5.74, 6) is 0.165. The number of aromatic nitrogens is 1. The van der Waals surface area contributed by atoms with Crippen LogP contribution in [0.15, 0.2) is 48.8 Å². The highest BCUT2D eigenvalue weighted by molar-refractivity contribution is 6.04. The molecule has 2 aromatic rings. The number of halogens is 2. The summed E-state index contributed by atoms with van der Waals surface area (Å²) in [6, 6.07) is 10.9. The molecule has 2 unspecified atom stereocenters. The lowest BCUT2D eigenvalue weighted by atomic mass is 9.91. The fourth-order valence-corrected chi connectivity index (χ4v) is 4.15. The first-order valence-corrected chi connectivity index (χ1v) is 9.90. The van der Waals surface area contributed by atoms with Crippen LogP contribution in [-0.4, -0.2) is 29.9 Å². The molecule has 6 nitrogen and oxygen atoms in total. The molecule has 0 bridgehead atoms. The van der Waals surface area contributed by atoms with E-state index in [1.54, 1.807) is 24.5 Å². The summed E-state index contributed by atoms with van der Waals surface area (Å²) in [6.45, 7) is 4.04. The van der Waals surface area contributed by atoms with Crippen molar-refractivity contribution in [3.8, 4) is 0 Å². The molecular formula is C22H28Cl2N4O2. The first-order chi connectivity index (χ1) is 13.6. The van der Waals surface area contributed by atoms with Crippen LogP contribution in [0.2, 0.25) is 0 Å². The Hall–Kier alpha value is -2.15. The number of nitrogens with zero attached hydrogens (tertiary/aromatic N) is 1. The summed E-state index contributed by atoms with van der Waals surface area (Å²) in [5, 5.41) is 9.41. The summed E-state index contributed by atoms with van der Waals surface area (Å²) in [7, 11) is 0. The molecule has 3 N–H and O–H groups in total. The fourth-order valence-electron chi connectivity index (χ4n) is 4.15. The van der Waals surface area contributed by atoms with Gasteiger partial charge in [-0.25, -0.2) is 0 Å². The minimum absolute atomic E-state index is 0. The number of hydrogen-bond donors (Lipinski definition) is 3. The molecule has 2 atom stereocenters. The molecule has 1 saturated carbocycles. The Labute approximate surface area is 189 Å². The maximum absolute atomic E-state index is 12.6. The zero-order chi connectivity index (χ0) is 19.6. The molecule has 2 heterocycles. The second-order valence-corrected chi connectivity index (χ2v) is 7.91. The minimum atomic E-state index is -0.169. The van der Waals surface area contributed by atoms with Gasteiger partial charge in [-0.3, -0.25) is 14.6 Å². The Bertz CT molecular complexity index is 855. The van der Waals surface area contributed by atoms with E-state index in [0.717, 1.165) is 43.6 Å². The van der Waals surface area contributed by atoms with E-state index in [9.17, 15) is 9.59 Å². The molecule has 2 fully saturated rings. The molecule has 162 valence electrons. The number of benzene rings is 1. The van der Waals surface area contributed by atoms with E-state index in [1.165, 1.54) is 0 Å². The molecule has 2 aliphatic rings. The van der Waals surface area contributed by atoms with E-state index in [0.29, 0.717) is 5.56 Å². The molecule has 1 aromatic carbocycles. The van der Waals surface area contributed by atoms with Crippen molar-refractivity contribution in [2.45, 2.75) is 32.2 Å². The molecule has 1 saturated heterocycles. The van der Waals surface area contributed by atoms with Crippen LogP contribution in [0, 0.1) is 11.3 Å². The monoisotopic (exact) mass is 450 g/mol. The summed E-state index contributed by atoms with van der Waals surface area (Å²) in [4.78, 5) is 28.8. The Morgan fingerprint density at radius 3 is 2.33 bits per heavy atom. The van der Waals surface area contributed by atoms with E-state index in [-0.39, 0.29) is 54.0 Å². The van der Waals surface area contributed by atoms with E-state index < -0.39 is 0 Å². The standard InChI is InChI=1S/C22H26N4O2.2ClH/c1-15(25-21(28)19-14-22(19)8-12-24-13-9-22)16-2-4-18(5-3-16)26-20(27)17-6-10-23-11-7-17;;/h2-7,10-11,15,19,24H,8-9,12-14H2,1H3,(H,25,28)(H,26,27);2*1H. The van der Waals surface area contributed by atoms with Crippen molar-refractivity contribution in [2.24, 2.45) is 11.3 Å². The van der Waals surface area contributed by atoms with Crippen molar-refractivity contribution < 1.29 is 9.59 Å². The highest BCUT2D eigenvalue weighted by atomic mass is 35.5. The van der Waals surface area contributed by atoms with Gasteiger partial charge >= 0.3 is 0 Å². The van der Waals surface area contributed by atoms with Crippen molar-refractivity contribution in [2.75, 3.05) is 18.4 Å². The van der Waals surface area contributed by atoms with Crippen molar-refractivity contribution in [3.05, 3.63) is 59.9 Å². The van der Waals surface area contributed by atoms with Gasteiger partial charge in [0.05, 0.1) is 6.04 Å². The number of nitrogens with one attached hydrogen (secondary N) is 3. The Balaban J connectivity index is 0.00000160. The first-order valence-electron chi connectivity index (χ1n) is 9.90. The van der Waals surface area contributed by atoms with Crippen LogP contribution in [0.25, 0.3) is 0 Å². The predicted octanol–water partition coefficient (Wildman–Crippen LogP) is 3.74. The Morgan fingerprint density at radius 2 is 1.70 bits per heavy atom. The highest BCUT2D eigenvalue weighted by Crippen LogP contribution is 2.58. The predicted molar refractivity (Wildman–Crippen MR) is 122 cm³/mol. The van der Waals surface area contributed by atoms with Gasteiger partial charge in [0, 0.05) is 29.6 Å².